The van der Waals surface area contributed by atoms with Crippen LogP contribution in [-0.2, 0) is 0 Å². The number of halogens is 1. The largest absolute Gasteiger partial charge is 0.507 e. The van der Waals surface area contributed by atoms with Gasteiger partial charge in [0.2, 0.25) is 0 Å². The van der Waals surface area contributed by atoms with Crippen molar-refractivity contribution in [3.05, 3.63) is 29.6 Å². The first-order valence-corrected chi connectivity index (χ1v) is 5.05. The Morgan fingerprint density at radius 3 is 2.62 bits per heavy atom. The van der Waals surface area contributed by atoms with Crippen molar-refractivity contribution in [1.29, 1.82) is 0 Å². The third-order valence-corrected chi connectivity index (χ3v) is 2.37. The summed E-state index contributed by atoms with van der Waals surface area (Å²) in [5, 5.41) is 31.6. The number of hydrogen-bond donors (Lipinski definition) is 4. The Kier molecular flexibility index (Phi) is 4.67. The van der Waals surface area contributed by atoms with Gasteiger partial charge in [-0.2, -0.15) is 0 Å². The van der Waals surface area contributed by atoms with Crippen LogP contribution in [0.4, 0.5) is 4.39 Å². The molecule has 0 saturated carbocycles. The second kappa shape index (κ2) is 5.79. The van der Waals surface area contributed by atoms with Crippen molar-refractivity contribution in [2.45, 2.75) is 18.6 Å². The highest BCUT2D eigenvalue weighted by atomic mass is 19.1. The molecule has 1 aromatic rings. The first-order chi connectivity index (χ1) is 7.56. The summed E-state index contributed by atoms with van der Waals surface area (Å²) in [6.45, 7) is 0.542. The van der Waals surface area contributed by atoms with Gasteiger partial charge in [-0.1, -0.05) is 0 Å². The van der Waals surface area contributed by atoms with Gasteiger partial charge >= 0.3 is 0 Å². The normalized spacial score (nSPS) is 14.8. The molecule has 1 rings (SSSR count). The van der Waals surface area contributed by atoms with Gasteiger partial charge in [-0.25, -0.2) is 4.39 Å². The van der Waals surface area contributed by atoms with E-state index in [2.05, 4.69) is 5.32 Å². The third-order valence-electron chi connectivity index (χ3n) is 2.37. The Bertz CT molecular complexity index is 346. The van der Waals surface area contributed by atoms with Crippen LogP contribution in [0, 0.1) is 5.82 Å². The molecule has 2 atom stereocenters. The van der Waals surface area contributed by atoms with Crippen molar-refractivity contribution < 1.29 is 19.7 Å². The molecule has 5 heteroatoms. The van der Waals surface area contributed by atoms with Gasteiger partial charge in [-0.15, -0.1) is 0 Å². The van der Waals surface area contributed by atoms with E-state index in [-0.39, 0.29) is 11.3 Å². The van der Waals surface area contributed by atoms with E-state index in [0.717, 1.165) is 12.1 Å². The third kappa shape index (κ3) is 3.16. The summed E-state index contributed by atoms with van der Waals surface area (Å²) in [5.41, 5.74) is 0.130. The van der Waals surface area contributed by atoms with E-state index in [4.69, 9.17) is 0 Å². The van der Waals surface area contributed by atoms with Crippen molar-refractivity contribution >= 4 is 0 Å². The molecular formula is C11H16FNO3. The topological polar surface area (TPSA) is 72.7 Å². The van der Waals surface area contributed by atoms with Crippen LogP contribution < -0.4 is 5.32 Å². The Labute approximate surface area is 93.4 Å². The van der Waals surface area contributed by atoms with Crippen molar-refractivity contribution in [3.8, 4) is 5.75 Å². The van der Waals surface area contributed by atoms with E-state index in [1.54, 1.807) is 7.05 Å². The average molecular weight is 229 g/mol. The molecule has 0 aromatic heterocycles. The monoisotopic (exact) mass is 229 g/mol. The minimum atomic E-state index is -1.21. The van der Waals surface area contributed by atoms with Gasteiger partial charge in [0.1, 0.15) is 17.7 Å². The highest BCUT2D eigenvalue weighted by molar-refractivity contribution is 5.34. The number of aromatic hydroxyl groups is 1. The minimum Gasteiger partial charge on any atom is -0.507 e. The Balaban J connectivity index is 2.75. The molecule has 0 radical (unpaired) electrons. The predicted molar refractivity (Wildman–Crippen MR) is 57.6 cm³/mol. The van der Waals surface area contributed by atoms with E-state index in [1.165, 1.54) is 6.07 Å². The zero-order valence-electron chi connectivity index (χ0n) is 9.02. The van der Waals surface area contributed by atoms with Crippen LogP contribution in [0.1, 0.15) is 18.1 Å². The van der Waals surface area contributed by atoms with Crippen LogP contribution in [0.3, 0.4) is 0 Å². The Morgan fingerprint density at radius 1 is 1.38 bits per heavy atom. The van der Waals surface area contributed by atoms with Crippen molar-refractivity contribution in [3.63, 3.8) is 0 Å². The van der Waals surface area contributed by atoms with Gasteiger partial charge in [0.15, 0.2) is 0 Å². The number of phenols is 1. The smallest absolute Gasteiger partial charge is 0.126 e. The second-order valence-corrected chi connectivity index (χ2v) is 3.61. The maximum absolute atomic E-state index is 12.7. The van der Waals surface area contributed by atoms with E-state index in [9.17, 15) is 19.7 Å². The molecule has 1 aromatic carbocycles. The standard InChI is InChI=1S/C11H16FNO3/c1-13-5-4-9(14)11(16)8-3-2-7(12)6-10(8)15/h2-3,6,9,11,13-16H,4-5H2,1H3. The lowest BCUT2D eigenvalue weighted by atomic mass is 10.0. The molecular weight excluding hydrogens is 213 g/mol. The zero-order valence-corrected chi connectivity index (χ0v) is 9.02. The van der Waals surface area contributed by atoms with Crippen LogP contribution in [-0.4, -0.2) is 35.0 Å². The van der Waals surface area contributed by atoms with Crippen molar-refractivity contribution in [2.24, 2.45) is 0 Å². The summed E-state index contributed by atoms with van der Waals surface area (Å²) in [6, 6.07) is 3.30. The molecule has 4 N–H and O–H groups in total. The van der Waals surface area contributed by atoms with E-state index in [1.807, 2.05) is 0 Å². The van der Waals surface area contributed by atoms with Crippen LogP contribution in [0.25, 0.3) is 0 Å². The second-order valence-electron chi connectivity index (χ2n) is 3.61. The molecule has 0 heterocycles. The lowest BCUT2D eigenvalue weighted by Gasteiger charge is -2.18. The highest BCUT2D eigenvalue weighted by Gasteiger charge is 2.20. The SMILES string of the molecule is CNCCC(O)C(O)c1ccc(F)cc1O. The summed E-state index contributed by atoms with van der Waals surface area (Å²) in [7, 11) is 1.73. The quantitative estimate of drug-likeness (QED) is 0.594. The molecule has 90 valence electrons. The van der Waals surface area contributed by atoms with Gasteiger partial charge in [0.25, 0.3) is 0 Å². The van der Waals surface area contributed by atoms with Crippen LogP contribution in [0.15, 0.2) is 18.2 Å². The first-order valence-electron chi connectivity index (χ1n) is 5.05. The van der Waals surface area contributed by atoms with Gasteiger partial charge in [0.05, 0.1) is 6.10 Å². The summed E-state index contributed by atoms with van der Waals surface area (Å²) in [4.78, 5) is 0. The van der Waals surface area contributed by atoms with Gasteiger partial charge in [0, 0.05) is 11.6 Å². The fourth-order valence-corrected chi connectivity index (χ4v) is 1.42. The molecule has 0 aliphatic rings. The van der Waals surface area contributed by atoms with Crippen molar-refractivity contribution in [2.75, 3.05) is 13.6 Å². The molecule has 0 aliphatic carbocycles. The molecule has 4 nitrogen and oxygen atoms in total. The average Bonchev–Trinajstić information content (AvgIpc) is 2.25. The summed E-state index contributed by atoms with van der Waals surface area (Å²) >= 11 is 0. The van der Waals surface area contributed by atoms with E-state index < -0.39 is 18.0 Å². The first kappa shape index (κ1) is 12.9. The lowest BCUT2D eigenvalue weighted by molar-refractivity contribution is 0.0127. The molecule has 2 unspecified atom stereocenters. The van der Waals surface area contributed by atoms with Gasteiger partial charge in [-0.05, 0) is 32.1 Å². The number of hydrogen-bond acceptors (Lipinski definition) is 4. The fraction of sp³-hybridized carbons (Fsp3) is 0.455. The molecule has 0 bridgehead atoms. The van der Waals surface area contributed by atoms with Crippen LogP contribution >= 0.6 is 0 Å². The highest BCUT2D eigenvalue weighted by Crippen LogP contribution is 2.27. The molecule has 16 heavy (non-hydrogen) atoms. The molecule has 0 amide bonds. The number of aliphatic hydroxyl groups excluding tert-OH is 2. The molecule has 0 saturated heterocycles. The molecule has 0 spiro atoms. The van der Waals surface area contributed by atoms with Crippen LogP contribution in [0.2, 0.25) is 0 Å². The van der Waals surface area contributed by atoms with Crippen LogP contribution in [0.5, 0.6) is 5.75 Å². The van der Waals surface area contributed by atoms with Gasteiger partial charge < -0.3 is 20.6 Å². The summed E-state index contributed by atoms with van der Waals surface area (Å²) in [6.07, 6.45) is -1.87. The maximum atomic E-state index is 12.7. The number of nitrogens with one attached hydrogen (secondary N) is 1. The number of aliphatic hydroxyl groups is 2. The van der Waals surface area contributed by atoms with E-state index in [0.29, 0.717) is 13.0 Å². The minimum absolute atomic E-state index is 0.130. The lowest BCUT2D eigenvalue weighted by Crippen LogP contribution is -2.23. The Hall–Kier alpha value is -1.17. The molecule has 0 fully saturated rings. The molecule has 0 aliphatic heterocycles. The van der Waals surface area contributed by atoms with E-state index >= 15 is 0 Å². The fourth-order valence-electron chi connectivity index (χ4n) is 1.42. The summed E-state index contributed by atoms with van der Waals surface area (Å²) < 4.78 is 12.7. The van der Waals surface area contributed by atoms with Crippen molar-refractivity contribution in [1.82, 2.24) is 5.32 Å². The summed E-state index contributed by atoms with van der Waals surface area (Å²) in [5.74, 6) is -0.936. The zero-order chi connectivity index (χ0) is 12.1. The number of phenolic OH excluding ortho intramolecular Hbond substituents is 1. The number of benzene rings is 1. The van der Waals surface area contributed by atoms with Gasteiger partial charge in [-0.3, -0.25) is 0 Å². The maximum Gasteiger partial charge on any atom is 0.126 e. The number of rotatable bonds is 5. The predicted octanol–water partition coefficient (Wildman–Crippen LogP) is 0.535. The Morgan fingerprint density at radius 2 is 2.06 bits per heavy atom.